The van der Waals surface area contributed by atoms with Crippen molar-refractivity contribution in [2.75, 3.05) is 0 Å². The molecule has 1 rings (SSSR count). The first-order valence-electron chi connectivity index (χ1n) is 3.90. The fourth-order valence-electron chi connectivity index (χ4n) is 0.895. The molecule has 5 nitrogen and oxygen atoms in total. The van der Waals surface area contributed by atoms with E-state index in [1.807, 2.05) is 6.92 Å². The van der Waals surface area contributed by atoms with E-state index in [9.17, 15) is 4.79 Å². The highest BCUT2D eigenvalue weighted by Gasteiger charge is 2.09. The third-order valence-electron chi connectivity index (χ3n) is 1.82. The maximum atomic E-state index is 11.3. The number of aromatic nitrogens is 3. The van der Waals surface area contributed by atoms with E-state index in [0.29, 0.717) is 11.5 Å². The van der Waals surface area contributed by atoms with Gasteiger partial charge in [0.15, 0.2) is 0 Å². The van der Waals surface area contributed by atoms with Crippen molar-refractivity contribution in [3.8, 4) is 0 Å². The molecule has 0 radical (unpaired) electrons. The lowest BCUT2D eigenvalue weighted by Crippen LogP contribution is -2.30. The number of nitrogens with two attached hydrogens (primary N) is 1. The molecular weight excluding hydrogens is 188 g/mol. The van der Waals surface area contributed by atoms with Gasteiger partial charge in [0.25, 0.3) is 0 Å². The molecule has 1 aromatic heterocycles. The molecule has 72 valence electrons. The SMILES string of the molecule is CC(Cn1ncn(C)c1=O)C(N)=S. The van der Waals surface area contributed by atoms with Gasteiger partial charge in [0.2, 0.25) is 0 Å². The Morgan fingerprint density at radius 1 is 1.85 bits per heavy atom. The zero-order valence-electron chi connectivity index (χ0n) is 7.60. The maximum absolute atomic E-state index is 11.3. The summed E-state index contributed by atoms with van der Waals surface area (Å²) < 4.78 is 2.76. The molecule has 1 aromatic rings. The van der Waals surface area contributed by atoms with Crippen molar-refractivity contribution >= 4 is 17.2 Å². The van der Waals surface area contributed by atoms with Gasteiger partial charge in [-0.15, -0.1) is 0 Å². The van der Waals surface area contributed by atoms with E-state index >= 15 is 0 Å². The number of hydrogen-bond acceptors (Lipinski definition) is 3. The van der Waals surface area contributed by atoms with Gasteiger partial charge in [-0.05, 0) is 0 Å². The summed E-state index contributed by atoms with van der Waals surface area (Å²) in [6.45, 7) is 2.30. The fourth-order valence-corrected chi connectivity index (χ4v) is 0.970. The predicted octanol–water partition coefficient (Wildman–Crippen LogP) is -0.496. The van der Waals surface area contributed by atoms with Gasteiger partial charge in [0.05, 0.1) is 11.5 Å². The van der Waals surface area contributed by atoms with Crippen LogP contribution in [-0.4, -0.2) is 19.3 Å². The molecule has 0 amide bonds. The zero-order valence-corrected chi connectivity index (χ0v) is 8.41. The van der Waals surface area contributed by atoms with E-state index in [2.05, 4.69) is 5.10 Å². The number of thiocarbonyl (C=S) groups is 1. The van der Waals surface area contributed by atoms with Crippen molar-refractivity contribution in [1.29, 1.82) is 0 Å². The molecule has 0 spiro atoms. The quantitative estimate of drug-likeness (QED) is 0.668. The molecule has 6 heteroatoms. The average molecular weight is 200 g/mol. The molecule has 2 N–H and O–H groups in total. The second-order valence-corrected chi connectivity index (χ2v) is 3.48. The molecule has 0 bridgehead atoms. The molecule has 0 aliphatic carbocycles. The normalized spacial score (nSPS) is 12.8. The molecular formula is C7H12N4OS. The van der Waals surface area contributed by atoms with Gasteiger partial charge in [-0.25, -0.2) is 9.48 Å². The minimum Gasteiger partial charge on any atom is -0.393 e. The van der Waals surface area contributed by atoms with Crippen LogP contribution in [0.1, 0.15) is 6.92 Å². The van der Waals surface area contributed by atoms with Gasteiger partial charge in [-0.1, -0.05) is 19.1 Å². The van der Waals surface area contributed by atoms with Crippen LogP contribution in [0.2, 0.25) is 0 Å². The third-order valence-corrected chi connectivity index (χ3v) is 2.22. The van der Waals surface area contributed by atoms with Gasteiger partial charge in [0, 0.05) is 13.0 Å². The van der Waals surface area contributed by atoms with Crippen molar-refractivity contribution in [3.05, 3.63) is 16.8 Å². The summed E-state index contributed by atoms with van der Waals surface area (Å²) in [5.74, 6) is -0.0115. The van der Waals surface area contributed by atoms with E-state index in [1.54, 1.807) is 7.05 Å². The summed E-state index contributed by atoms with van der Waals surface area (Å²) in [5.41, 5.74) is 5.27. The Morgan fingerprint density at radius 2 is 2.46 bits per heavy atom. The lowest BCUT2D eigenvalue weighted by molar-refractivity contribution is 0.521. The molecule has 0 saturated carbocycles. The summed E-state index contributed by atoms with van der Waals surface area (Å²) in [7, 11) is 1.65. The van der Waals surface area contributed by atoms with Crippen LogP contribution in [0, 0.1) is 5.92 Å². The molecule has 0 aliphatic rings. The van der Waals surface area contributed by atoms with Crippen LogP contribution in [0.25, 0.3) is 0 Å². The van der Waals surface area contributed by atoms with Gasteiger partial charge < -0.3 is 5.73 Å². The first-order chi connectivity index (χ1) is 6.02. The molecule has 0 fully saturated rings. The van der Waals surface area contributed by atoms with Crippen LogP contribution >= 0.6 is 12.2 Å². The Bertz CT molecular complexity index is 367. The van der Waals surface area contributed by atoms with Crippen LogP contribution in [0.15, 0.2) is 11.1 Å². The van der Waals surface area contributed by atoms with Crippen LogP contribution in [-0.2, 0) is 13.6 Å². The Labute approximate surface area is 81.2 Å². The van der Waals surface area contributed by atoms with Crippen molar-refractivity contribution in [3.63, 3.8) is 0 Å². The topological polar surface area (TPSA) is 65.8 Å². The van der Waals surface area contributed by atoms with Crippen LogP contribution in [0.4, 0.5) is 0 Å². The van der Waals surface area contributed by atoms with Crippen molar-refractivity contribution in [1.82, 2.24) is 14.3 Å². The first-order valence-corrected chi connectivity index (χ1v) is 4.31. The molecule has 0 aromatic carbocycles. The van der Waals surface area contributed by atoms with E-state index in [0.717, 1.165) is 0 Å². The number of aryl methyl sites for hydroxylation is 1. The Morgan fingerprint density at radius 3 is 2.85 bits per heavy atom. The standard InChI is InChI=1S/C7H12N4OS/c1-5(6(8)13)3-11-7(12)10(2)4-9-11/h4-5H,3H2,1-2H3,(H2,8,13). The van der Waals surface area contributed by atoms with E-state index in [1.165, 1.54) is 15.6 Å². The summed E-state index contributed by atoms with van der Waals surface area (Å²) >= 11 is 4.80. The fraction of sp³-hybridized carbons (Fsp3) is 0.571. The van der Waals surface area contributed by atoms with Crippen LogP contribution < -0.4 is 11.4 Å². The van der Waals surface area contributed by atoms with E-state index in [4.69, 9.17) is 18.0 Å². The highest BCUT2D eigenvalue weighted by molar-refractivity contribution is 7.80. The Hall–Kier alpha value is -1.17. The lowest BCUT2D eigenvalue weighted by Gasteiger charge is -2.07. The van der Waals surface area contributed by atoms with Crippen LogP contribution in [0.5, 0.6) is 0 Å². The Balaban J connectivity index is 2.81. The minimum atomic E-state index is -0.150. The molecule has 1 heterocycles. The predicted molar refractivity (Wildman–Crippen MR) is 53.4 cm³/mol. The minimum absolute atomic E-state index is 0.0115. The maximum Gasteiger partial charge on any atom is 0.345 e. The highest BCUT2D eigenvalue weighted by Crippen LogP contribution is 1.96. The molecule has 0 saturated heterocycles. The smallest absolute Gasteiger partial charge is 0.345 e. The summed E-state index contributed by atoms with van der Waals surface area (Å²) in [6, 6.07) is 0. The van der Waals surface area contributed by atoms with Gasteiger partial charge in [-0.2, -0.15) is 5.10 Å². The molecule has 1 unspecified atom stereocenters. The zero-order chi connectivity index (χ0) is 10.0. The van der Waals surface area contributed by atoms with Gasteiger partial charge >= 0.3 is 5.69 Å². The number of nitrogens with zero attached hydrogens (tertiary/aromatic N) is 3. The third kappa shape index (κ3) is 2.15. The van der Waals surface area contributed by atoms with Gasteiger partial charge in [0.1, 0.15) is 6.33 Å². The van der Waals surface area contributed by atoms with Gasteiger partial charge in [-0.3, -0.25) is 4.57 Å². The first kappa shape index (κ1) is 9.91. The van der Waals surface area contributed by atoms with Crippen molar-refractivity contribution < 1.29 is 0 Å². The van der Waals surface area contributed by atoms with Crippen LogP contribution in [0.3, 0.4) is 0 Å². The summed E-state index contributed by atoms with van der Waals surface area (Å²) in [4.78, 5) is 11.7. The van der Waals surface area contributed by atoms with E-state index < -0.39 is 0 Å². The largest absolute Gasteiger partial charge is 0.393 e. The van der Waals surface area contributed by atoms with E-state index in [-0.39, 0.29) is 11.6 Å². The molecule has 13 heavy (non-hydrogen) atoms. The number of rotatable bonds is 3. The number of hydrogen-bond donors (Lipinski definition) is 1. The van der Waals surface area contributed by atoms with Crippen molar-refractivity contribution in [2.24, 2.45) is 18.7 Å². The monoisotopic (exact) mass is 200 g/mol. The Kier molecular flexibility index (Phi) is 2.82. The second-order valence-electron chi connectivity index (χ2n) is 3.01. The lowest BCUT2D eigenvalue weighted by atomic mass is 10.2. The summed E-state index contributed by atoms with van der Waals surface area (Å²) in [6.07, 6.45) is 1.47. The van der Waals surface area contributed by atoms with Crippen molar-refractivity contribution in [2.45, 2.75) is 13.5 Å². The molecule has 0 aliphatic heterocycles. The summed E-state index contributed by atoms with van der Waals surface area (Å²) in [5, 5.41) is 3.89. The molecule has 1 atom stereocenters. The average Bonchev–Trinajstić information content (AvgIpc) is 2.36. The second kappa shape index (κ2) is 3.69. The highest BCUT2D eigenvalue weighted by atomic mass is 32.1.